The van der Waals surface area contributed by atoms with Gasteiger partial charge >= 0.3 is 5.97 Å². The van der Waals surface area contributed by atoms with Gasteiger partial charge in [0.15, 0.2) is 0 Å². The fourth-order valence-corrected chi connectivity index (χ4v) is 1.80. The SMILES string of the molecule is CCOC(=O)c1cc(Oc2cc(F)ccc2C)ccc1N. The zero-order chi connectivity index (χ0) is 15.4. The molecule has 0 aliphatic carbocycles. The maximum absolute atomic E-state index is 13.2. The van der Waals surface area contributed by atoms with Crippen molar-refractivity contribution in [3.8, 4) is 11.5 Å². The predicted octanol–water partition coefficient (Wildman–Crippen LogP) is 3.69. The molecule has 0 amide bonds. The third-order valence-electron chi connectivity index (χ3n) is 2.90. The van der Waals surface area contributed by atoms with Crippen molar-refractivity contribution >= 4 is 11.7 Å². The van der Waals surface area contributed by atoms with Crippen LogP contribution >= 0.6 is 0 Å². The number of nitrogen functional groups attached to an aromatic ring is 1. The van der Waals surface area contributed by atoms with E-state index in [2.05, 4.69) is 0 Å². The number of hydrogen-bond acceptors (Lipinski definition) is 4. The zero-order valence-corrected chi connectivity index (χ0v) is 11.9. The second-order valence-corrected chi connectivity index (χ2v) is 4.48. The maximum Gasteiger partial charge on any atom is 0.340 e. The highest BCUT2D eigenvalue weighted by atomic mass is 19.1. The van der Waals surface area contributed by atoms with Gasteiger partial charge in [0.2, 0.25) is 0 Å². The monoisotopic (exact) mass is 289 g/mol. The van der Waals surface area contributed by atoms with Crippen molar-refractivity contribution in [1.82, 2.24) is 0 Å². The van der Waals surface area contributed by atoms with Crippen LogP contribution < -0.4 is 10.5 Å². The molecule has 0 aliphatic heterocycles. The first-order valence-electron chi connectivity index (χ1n) is 6.52. The lowest BCUT2D eigenvalue weighted by Gasteiger charge is -2.11. The number of benzene rings is 2. The molecule has 2 aromatic rings. The van der Waals surface area contributed by atoms with E-state index in [0.29, 0.717) is 17.2 Å². The Bertz CT molecular complexity index is 671. The van der Waals surface area contributed by atoms with Gasteiger partial charge in [0, 0.05) is 11.8 Å². The molecule has 0 unspecified atom stereocenters. The number of carbonyl (C=O) groups excluding carboxylic acids is 1. The molecule has 0 spiro atoms. The van der Waals surface area contributed by atoms with Gasteiger partial charge in [-0.1, -0.05) is 6.07 Å². The minimum atomic E-state index is -0.517. The number of carbonyl (C=O) groups is 1. The summed E-state index contributed by atoms with van der Waals surface area (Å²) in [5.74, 6) is -0.136. The van der Waals surface area contributed by atoms with E-state index in [-0.39, 0.29) is 12.2 Å². The molecule has 0 aliphatic rings. The van der Waals surface area contributed by atoms with Gasteiger partial charge in [-0.3, -0.25) is 0 Å². The number of nitrogens with two attached hydrogens (primary N) is 1. The number of rotatable bonds is 4. The Morgan fingerprint density at radius 3 is 2.71 bits per heavy atom. The first kappa shape index (κ1) is 14.8. The average molecular weight is 289 g/mol. The van der Waals surface area contributed by atoms with E-state index >= 15 is 0 Å². The van der Waals surface area contributed by atoms with Crippen LogP contribution in [0.1, 0.15) is 22.8 Å². The molecule has 0 bridgehead atoms. The molecule has 21 heavy (non-hydrogen) atoms. The van der Waals surface area contributed by atoms with Crippen LogP contribution in [0.4, 0.5) is 10.1 Å². The topological polar surface area (TPSA) is 61.5 Å². The zero-order valence-electron chi connectivity index (χ0n) is 11.9. The lowest BCUT2D eigenvalue weighted by molar-refractivity contribution is 0.0527. The van der Waals surface area contributed by atoms with Crippen LogP contribution in [0.15, 0.2) is 36.4 Å². The van der Waals surface area contributed by atoms with Crippen LogP contribution in [0, 0.1) is 12.7 Å². The molecule has 0 saturated carbocycles. The van der Waals surface area contributed by atoms with Gasteiger partial charge in [0.1, 0.15) is 17.3 Å². The fraction of sp³-hybridized carbons (Fsp3) is 0.188. The molecule has 2 aromatic carbocycles. The number of aryl methyl sites for hydroxylation is 1. The van der Waals surface area contributed by atoms with E-state index < -0.39 is 11.8 Å². The van der Waals surface area contributed by atoms with Crippen LogP contribution in [0.5, 0.6) is 11.5 Å². The molecule has 0 heterocycles. The third kappa shape index (κ3) is 3.51. The lowest BCUT2D eigenvalue weighted by atomic mass is 10.1. The molecule has 0 aromatic heterocycles. The van der Waals surface area contributed by atoms with Crippen LogP contribution in [-0.4, -0.2) is 12.6 Å². The minimum Gasteiger partial charge on any atom is -0.462 e. The Kier molecular flexibility index (Phi) is 4.42. The van der Waals surface area contributed by atoms with Crippen molar-refractivity contribution in [2.45, 2.75) is 13.8 Å². The molecular weight excluding hydrogens is 273 g/mol. The summed E-state index contributed by atoms with van der Waals surface area (Å²) in [6.07, 6.45) is 0. The molecule has 0 saturated heterocycles. The van der Waals surface area contributed by atoms with E-state index in [1.54, 1.807) is 32.0 Å². The van der Waals surface area contributed by atoms with Gasteiger partial charge in [-0.05, 0) is 43.7 Å². The smallest absolute Gasteiger partial charge is 0.340 e. The summed E-state index contributed by atoms with van der Waals surface area (Å²) in [5, 5.41) is 0. The van der Waals surface area contributed by atoms with E-state index in [4.69, 9.17) is 15.2 Å². The largest absolute Gasteiger partial charge is 0.462 e. The van der Waals surface area contributed by atoms with Gasteiger partial charge < -0.3 is 15.2 Å². The Morgan fingerprint density at radius 1 is 1.24 bits per heavy atom. The van der Waals surface area contributed by atoms with Crippen LogP contribution in [0.2, 0.25) is 0 Å². The van der Waals surface area contributed by atoms with Crippen molar-refractivity contribution in [2.75, 3.05) is 12.3 Å². The van der Waals surface area contributed by atoms with Gasteiger partial charge in [0.25, 0.3) is 0 Å². The minimum absolute atomic E-state index is 0.225. The van der Waals surface area contributed by atoms with E-state index in [1.807, 2.05) is 0 Å². The van der Waals surface area contributed by atoms with Crippen molar-refractivity contribution in [3.05, 3.63) is 53.3 Å². The van der Waals surface area contributed by atoms with E-state index in [9.17, 15) is 9.18 Å². The summed E-state index contributed by atoms with van der Waals surface area (Å²) in [5.41, 5.74) is 7.06. The van der Waals surface area contributed by atoms with Crippen molar-refractivity contribution in [3.63, 3.8) is 0 Å². The standard InChI is InChI=1S/C16H16FNO3/c1-3-20-16(19)13-9-12(6-7-14(13)18)21-15-8-11(17)5-4-10(15)2/h4-9H,3,18H2,1-2H3. The molecule has 4 nitrogen and oxygen atoms in total. The molecule has 0 radical (unpaired) electrons. The summed E-state index contributed by atoms with van der Waals surface area (Å²) in [4.78, 5) is 11.8. The Morgan fingerprint density at radius 2 is 2.00 bits per heavy atom. The average Bonchev–Trinajstić information content (AvgIpc) is 2.45. The molecule has 0 fully saturated rings. The summed E-state index contributed by atoms with van der Waals surface area (Å²) < 4.78 is 23.8. The van der Waals surface area contributed by atoms with Gasteiger partial charge in [-0.15, -0.1) is 0 Å². The molecule has 5 heteroatoms. The molecule has 110 valence electrons. The first-order valence-corrected chi connectivity index (χ1v) is 6.52. The number of esters is 1. The van der Waals surface area contributed by atoms with E-state index in [1.165, 1.54) is 18.2 Å². The number of anilines is 1. The van der Waals surface area contributed by atoms with Gasteiger partial charge in [0.05, 0.1) is 12.2 Å². The van der Waals surface area contributed by atoms with Crippen LogP contribution in [-0.2, 0) is 4.74 Å². The highest BCUT2D eigenvalue weighted by molar-refractivity contribution is 5.95. The Labute approximate surface area is 122 Å². The summed E-state index contributed by atoms with van der Waals surface area (Å²) in [6.45, 7) is 3.77. The highest BCUT2D eigenvalue weighted by Crippen LogP contribution is 2.28. The summed E-state index contributed by atoms with van der Waals surface area (Å²) in [6, 6.07) is 8.91. The molecule has 2 N–H and O–H groups in total. The number of ether oxygens (including phenoxy) is 2. The quantitative estimate of drug-likeness (QED) is 0.689. The molecule has 0 atom stereocenters. The lowest BCUT2D eigenvalue weighted by Crippen LogP contribution is -2.08. The fourth-order valence-electron chi connectivity index (χ4n) is 1.80. The van der Waals surface area contributed by atoms with Gasteiger partial charge in [-0.25, -0.2) is 9.18 Å². The first-order chi connectivity index (χ1) is 10.0. The van der Waals surface area contributed by atoms with Crippen molar-refractivity contribution in [2.24, 2.45) is 0 Å². The molecule has 2 rings (SSSR count). The molecular formula is C16H16FNO3. The second kappa shape index (κ2) is 6.26. The van der Waals surface area contributed by atoms with Crippen molar-refractivity contribution in [1.29, 1.82) is 0 Å². The normalized spacial score (nSPS) is 10.2. The van der Waals surface area contributed by atoms with Crippen LogP contribution in [0.25, 0.3) is 0 Å². The number of hydrogen-bond donors (Lipinski definition) is 1. The third-order valence-corrected chi connectivity index (χ3v) is 2.90. The van der Waals surface area contributed by atoms with Crippen LogP contribution in [0.3, 0.4) is 0 Å². The predicted molar refractivity (Wildman–Crippen MR) is 78.0 cm³/mol. The highest BCUT2D eigenvalue weighted by Gasteiger charge is 2.13. The van der Waals surface area contributed by atoms with Crippen molar-refractivity contribution < 1.29 is 18.7 Å². The Hall–Kier alpha value is -2.56. The Balaban J connectivity index is 2.31. The maximum atomic E-state index is 13.2. The number of halogens is 1. The second-order valence-electron chi connectivity index (χ2n) is 4.48. The summed E-state index contributed by atoms with van der Waals surface area (Å²) >= 11 is 0. The van der Waals surface area contributed by atoms with Gasteiger partial charge in [-0.2, -0.15) is 0 Å². The summed E-state index contributed by atoms with van der Waals surface area (Å²) in [7, 11) is 0. The van der Waals surface area contributed by atoms with E-state index in [0.717, 1.165) is 5.56 Å².